The van der Waals surface area contributed by atoms with E-state index in [4.69, 9.17) is 10.2 Å². The first-order valence-electron chi connectivity index (χ1n) is 9.45. The fraction of sp³-hybridized carbons (Fsp3) is 0.143. The van der Waals surface area contributed by atoms with Crippen molar-refractivity contribution in [1.82, 2.24) is 24.7 Å². The third-order valence-electron chi connectivity index (χ3n) is 4.61. The highest BCUT2D eigenvalue weighted by atomic mass is 16.3. The largest absolute Gasteiger partial charge is 0.449 e. The van der Waals surface area contributed by atoms with Crippen LogP contribution < -0.4 is 11.1 Å². The molecule has 10 nitrogen and oxygen atoms in total. The summed E-state index contributed by atoms with van der Waals surface area (Å²) in [4.78, 5) is 33.7. The van der Waals surface area contributed by atoms with Crippen molar-refractivity contribution in [1.29, 1.82) is 0 Å². The highest BCUT2D eigenvalue weighted by Gasteiger charge is 2.22. The van der Waals surface area contributed by atoms with E-state index in [0.717, 1.165) is 0 Å². The van der Waals surface area contributed by atoms with E-state index in [9.17, 15) is 9.59 Å². The average Bonchev–Trinajstić information content (AvgIpc) is 3.45. The van der Waals surface area contributed by atoms with Crippen LogP contribution >= 0.6 is 0 Å². The predicted octanol–water partition coefficient (Wildman–Crippen LogP) is 2.93. The van der Waals surface area contributed by atoms with E-state index in [1.165, 1.54) is 12.7 Å². The van der Waals surface area contributed by atoms with Crippen LogP contribution in [0, 0.1) is 0 Å². The molecule has 3 heterocycles. The van der Waals surface area contributed by atoms with Gasteiger partial charge in [-0.1, -0.05) is 12.1 Å². The van der Waals surface area contributed by atoms with Gasteiger partial charge in [0.15, 0.2) is 18.0 Å². The van der Waals surface area contributed by atoms with Crippen LogP contribution in [0.3, 0.4) is 0 Å². The van der Waals surface area contributed by atoms with Crippen molar-refractivity contribution in [2.45, 2.75) is 19.9 Å². The molecule has 156 valence electrons. The van der Waals surface area contributed by atoms with E-state index in [0.29, 0.717) is 22.8 Å². The van der Waals surface area contributed by atoms with Crippen LogP contribution in [0.4, 0.5) is 5.82 Å². The summed E-state index contributed by atoms with van der Waals surface area (Å²) in [5.74, 6) is -0.345. The number of hydrogen-bond acceptors (Lipinski definition) is 7. The summed E-state index contributed by atoms with van der Waals surface area (Å²) in [5.41, 5.74) is 7.25. The fourth-order valence-corrected chi connectivity index (χ4v) is 3.18. The zero-order chi connectivity index (χ0) is 22.0. The molecule has 4 aromatic rings. The van der Waals surface area contributed by atoms with Gasteiger partial charge in [0.05, 0.1) is 5.69 Å². The Morgan fingerprint density at radius 3 is 2.55 bits per heavy atom. The molecular formula is C21H19N7O3. The molecule has 1 aromatic carbocycles. The van der Waals surface area contributed by atoms with E-state index in [1.807, 2.05) is 18.4 Å². The molecule has 0 aliphatic rings. The first-order chi connectivity index (χ1) is 15.0. The lowest BCUT2D eigenvalue weighted by atomic mass is 9.96. The molecule has 10 heteroatoms. The van der Waals surface area contributed by atoms with Crippen LogP contribution in [0.15, 0.2) is 59.8 Å². The Morgan fingerprint density at radius 2 is 1.84 bits per heavy atom. The number of carbonyl (C=O) groups is 2. The zero-order valence-electron chi connectivity index (χ0n) is 16.8. The minimum absolute atomic E-state index is 0.122. The monoisotopic (exact) mass is 417 g/mol. The molecule has 0 atom stereocenters. The summed E-state index contributed by atoms with van der Waals surface area (Å²) < 4.78 is 6.77. The Bertz CT molecular complexity index is 1250. The van der Waals surface area contributed by atoms with E-state index in [2.05, 4.69) is 25.5 Å². The number of nitrogens with two attached hydrogens (primary N) is 1. The summed E-state index contributed by atoms with van der Waals surface area (Å²) in [6.45, 7) is 4.01. The van der Waals surface area contributed by atoms with Crippen molar-refractivity contribution in [2.75, 3.05) is 5.32 Å². The van der Waals surface area contributed by atoms with E-state index >= 15 is 0 Å². The molecule has 4 rings (SSSR count). The highest BCUT2D eigenvalue weighted by Crippen LogP contribution is 2.29. The SMILES string of the molecule is CC(C)n1cnnc1-c1cccc(-c2c(C(N)=O)cccc2C(=O)Nc2cocn2)n1. The summed E-state index contributed by atoms with van der Waals surface area (Å²) in [5, 5.41) is 10.8. The Balaban J connectivity index is 1.84. The number of carbonyl (C=O) groups excluding carboxylic acids is 2. The highest BCUT2D eigenvalue weighted by molar-refractivity contribution is 6.12. The number of benzene rings is 1. The van der Waals surface area contributed by atoms with Gasteiger partial charge in [0, 0.05) is 22.7 Å². The molecule has 0 aliphatic carbocycles. The van der Waals surface area contributed by atoms with Crippen LogP contribution in [-0.4, -0.2) is 36.5 Å². The van der Waals surface area contributed by atoms with E-state index in [1.54, 1.807) is 42.7 Å². The third kappa shape index (κ3) is 3.90. The number of nitrogens with zero attached hydrogens (tertiary/aromatic N) is 5. The molecule has 0 spiro atoms. The van der Waals surface area contributed by atoms with Crippen molar-refractivity contribution in [2.24, 2.45) is 5.73 Å². The van der Waals surface area contributed by atoms with Crippen molar-refractivity contribution in [3.63, 3.8) is 0 Å². The number of anilines is 1. The molecule has 2 amide bonds. The molecule has 0 saturated heterocycles. The second-order valence-electron chi connectivity index (χ2n) is 6.98. The number of hydrogen-bond donors (Lipinski definition) is 2. The van der Waals surface area contributed by atoms with Gasteiger partial charge in [0.2, 0.25) is 5.91 Å². The zero-order valence-corrected chi connectivity index (χ0v) is 16.8. The number of nitrogens with one attached hydrogen (secondary N) is 1. The third-order valence-corrected chi connectivity index (χ3v) is 4.61. The lowest BCUT2D eigenvalue weighted by Crippen LogP contribution is -2.18. The summed E-state index contributed by atoms with van der Waals surface area (Å²) in [6, 6.07) is 10.1. The van der Waals surface area contributed by atoms with Gasteiger partial charge in [-0.05, 0) is 38.1 Å². The predicted molar refractivity (Wildman–Crippen MR) is 112 cm³/mol. The second kappa shape index (κ2) is 8.19. The van der Waals surface area contributed by atoms with Gasteiger partial charge in [-0.2, -0.15) is 4.98 Å². The van der Waals surface area contributed by atoms with Crippen LogP contribution in [0.1, 0.15) is 40.6 Å². The van der Waals surface area contributed by atoms with Gasteiger partial charge < -0.3 is 20.0 Å². The normalized spacial score (nSPS) is 10.9. The molecule has 0 radical (unpaired) electrons. The maximum Gasteiger partial charge on any atom is 0.257 e. The second-order valence-corrected chi connectivity index (χ2v) is 6.98. The number of pyridine rings is 1. The van der Waals surface area contributed by atoms with Crippen molar-refractivity contribution < 1.29 is 14.0 Å². The van der Waals surface area contributed by atoms with Crippen molar-refractivity contribution in [3.05, 3.63) is 66.5 Å². The Morgan fingerprint density at radius 1 is 1.10 bits per heavy atom. The molecule has 0 aliphatic heterocycles. The first kappa shape index (κ1) is 20.0. The molecule has 0 fully saturated rings. The molecular weight excluding hydrogens is 398 g/mol. The molecule has 31 heavy (non-hydrogen) atoms. The van der Waals surface area contributed by atoms with Crippen molar-refractivity contribution >= 4 is 17.6 Å². The number of rotatable bonds is 6. The maximum absolute atomic E-state index is 12.9. The standard InChI is InChI=1S/C21H19N7O3/c1-12(2)28-10-24-27-20(28)16-8-4-7-15(25-16)18-13(19(22)29)5-3-6-14(18)21(30)26-17-9-31-11-23-17/h3-12H,1-2H3,(H2,22,29)(H,26,30). The minimum Gasteiger partial charge on any atom is -0.449 e. The van der Waals surface area contributed by atoms with Gasteiger partial charge in [0.1, 0.15) is 18.3 Å². The van der Waals surface area contributed by atoms with Crippen molar-refractivity contribution in [3.8, 4) is 22.8 Å². The fourth-order valence-electron chi connectivity index (χ4n) is 3.18. The molecule has 3 aromatic heterocycles. The quantitative estimate of drug-likeness (QED) is 0.491. The van der Waals surface area contributed by atoms with E-state index < -0.39 is 11.8 Å². The lowest BCUT2D eigenvalue weighted by Gasteiger charge is -2.14. The topological polar surface area (TPSA) is 142 Å². The Hall–Kier alpha value is -4.34. The average molecular weight is 417 g/mol. The van der Waals surface area contributed by atoms with Gasteiger partial charge in [-0.25, -0.2) is 4.98 Å². The van der Waals surface area contributed by atoms with Crippen LogP contribution in [0.5, 0.6) is 0 Å². The van der Waals surface area contributed by atoms with Gasteiger partial charge in [-0.3, -0.25) is 9.59 Å². The molecule has 3 N–H and O–H groups in total. The lowest BCUT2D eigenvalue weighted by molar-refractivity contribution is 0.100. The van der Waals surface area contributed by atoms with Gasteiger partial charge in [-0.15, -0.1) is 10.2 Å². The van der Waals surface area contributed by atoms with Gasteiger partial charge >= 0.3 is 0 Å². The number of aromatic nitrogens is 5. The number of oxazole rings is 1. The first-order valence-corrected chi connectivity index (χ1v) is 9.45. The molecule has 0 saturated carbocycles. The van der Waals surface area contributed by atoms with Crippen LogP contribution in [0.25, 0.3) is 22.8 Å². The van der Waals surface area contributed by atoms with Gasteiger partial charge in [0.25, 0.3) is 5.91 Å². The summed E-state index contributed by atoms with van der Waals surface area (Å²) >= 11 is 0. The Kier molecular flexibility index (Phi) is 5.27. The minimum atomic E-state index is -0.677. The van der Waals surface area contributed by atoms with E-state index in [-0.39, 0.29) is 23.0 Å². The smallest absolute Gasteiger partial charge is 0.257 e. The number of primary amides is 1. The maximum atomic E-state index is 12.9. The summed E-state index contributed by atoms with van der Waals surface area (Å²) in [6.07, 6.45) is 4.13. The Labute approximate surface area is 177 Å². The molecule has 0 bridgehead atoms. The van der Waals surface area contributed by atoms with Crippen LogP contribution in [-0.2, 0) is 0 Å². The number of amides is 2. The molecule has 0 unspecified atom stereocenters. The summed E-state index contributed by atoms with van der Waals surface area (Å²) in [7, 11) is 0. The van der Waals surface area contributed by atoms with Crippen LogP contribution in [0.2, 0.25) is 0 Å².